The van der Waals surface area contributed by atoms with Crippen molar-refractivity contribution in [1.29, 1.82) is 0 Å². The van der Waals surface area contributed by atoms with E-state index in [-0.39, 0.29) is 16.1 Å². The van der Waals surface area contributed by atoms with Gasteiger partial charge in [0.05, 0.1) is 11.1 Å². The van der Waals surface area contributed by atoms with Crippen molar-refractivity contribution in [2.24, 2.45) is 0 Å². The van der Waals surface area contributed by atoms with E-state index in [1.165, 1.54) is 19.2 Å². The minimum Gasteiger partial charge on any atom is -0.309 e. The minimum atomic E-state index is -0.811. The number of hydrogen-bond donors (Lipinski definition) is 1. The van der Waals surface area contributed by atoms with Crippen LogP contribution in [0.5, 0.6) is 0 Å². The van der Waals surface area contributed by atoms with Gasteiger partial charge in [-0.1, -0.05) is 23.7 Å². The number of hydrogen-bond acceptors (Lipinski definition) is 1. The molecule has 0 fully saturated rings. The summed E-state index contributed by atoms with van der Waals surface area (Å²) in [5, 5.41) is 2.70. The highest BCUT2D eigenvalue weighted by molar-refractivity contribution is 6.30. The normalized spacial score (nSPS) is 12.5. The molecule has 100 valence electrons. The molecule has 0 saturated carbocycles. The maximum atomic E-state index is 14.0. The fraction of sp³-hybridized carbons (Fsp3) is 0.143. The maximum Gasteiger partial charge on any atom is 0.146 e. The van der Waals surface area contributed by atoms with Crippen LogP contribution in [0.4, 0.5) is 13.2 Å². The molecule has 1 nitrogen and oxygen atoms in total. The molecule has 1 unspecified atom stereocenters. The van der Waals surface area contributed by atoms with Crippen molar-refractivity contribution in [2.75, 3.05) is 7.05 Å². The molecule has 2 rings (SSSR count). The molecule has 1 N–H and O–H groups in total. The van der Waals surface area contributed by atoms with Gasteiger partial charge in [0.25, 0.3) is 0 Å². The van der Waals surface area contributed by atoms with Crippen LogP contribution in [0.2, 0.25) is 5.02 Å². The first kappa shape index (κ1) is 13.9. The van der Waals surface area contributed by atoms with Crippen LogP contribution in [-0.2, 0) is 0 Å². The Morgan fingerprint density at radius 2 is 1.79 bits per heavy atom. The van der Waals surface area contributed by atoms with E-state index >= 15 is 0 Å². The minimum absolute atomic E-state index is 0.0312. The third kappa shape index (κ3) is 2.74. The second kappa shape index (κ2) is 5.63. The van der Waals surface area contributed by atoms with Crippen LogP contribution >= 0.6 is 11.6 Å². The highest BCUT2D eigenvalue weighted by atomic mass is 35.5. The second-order valence-electron chi connectivity index (χ2n) is 4.03. The van der Waals surface area contributed by atoms with E-state index in [9.17, 15) is 13.2 Å². The van der Waals surface area contributed by atoms with Crippen molar-refractivity contribution in [3.63, 3.8) is 0 Å². The molecule has 5 heteroatoms. The molecule has 0 aliphatic heterocycles. The van der Waals surface area contributed by atoms with Crippen molar-refractivity contribution < 1.29 is 13.2 Å². The summed E-state index contributed by atoms with van der Waals surface area (Å²) < 4.78 is 41.0. The van der Waals surface area contributed by atoms with Crippen molar-refractivity contribution in [2.45, 2.75) is 6.04 Å². The number of benzene rings is 2. The lowest BCUT2D eigenvalue weighted by molar-refractivity contribution is 0.537. The molecule has 2 aromatic carbocycles. The predicted molar refractivity (Wildman–Crippen MR) is 68.7 cm³/mol. The molecule has 1 atom stereocenters. The number of halogens is 4. The topological polar surface area (TPSA) is 12.0 Å². The Balaban J connectivity index is 2.56. The molecular weight excluding hydrogens is 275 g/mol. The van der Waals surface area contributed by atoms with Crippen LogP contribution in [0.25, 0.3) is 0 Å². The second-order valence-corrected chi connectivity index (χ2v) is 4.44. The quantitative estimate of drug-likeness (QED) is 0.896. The summed E-state index contributed by atoms with van der Waals surface area (Å²) in [6.07, 6.45) is 0. The highest BCUT2D eigenvalue weighted by Crippen LogP contribution is 2.29. The summed E-state index contributed by atoms with van der Waals surface area (Å²) in [5.74, 6) is -1.84. The van der Waals surface area contributed by atoms with Gasteiger partial charge in [-0.15, -0.1) is 0 Å². The molecule has 0 saturated heterocycles. The number of nitrogens with one attached hydrogen (secondary N) is 1. The molecule has 0 radical (unpaired) electrons. The zero-order valence-electron chi connectivity index (χ0n) is 10.1. The molecule has 0 aliphatic carbocycles. The first-order chi connectivity index (χ1) is 9.04. The Labute approximate surface area is 114 Å². The zero-order chi connectivity index (χ0) is 14.0. The van der Waals surface area contributed by atoms with Gasteiger partial charge < -0.3 is 5.32 Å². The first-order valence-electron chi connectivity index (χ1n) is 5.60. The Morgan fingerprint density at radius 1 is 1.05 bits per heavy atom. The van der Waals surface area contributed by atoms with Gasteiger partial charge in [0.2, 0.25) is 0 Å². The van der Waals surface area contributed by atoms with Gasteiger partial charge in [-0.3, -0.25) is 0 Å². The number of rotatable bonds is 3. The van der Waals surface area contributed by atoms with Crippen molar-refractivity contribution in [3.8, 4) is 0 Å². The van der Waals surface area contributed by atoms with Gasteiger partial charge in [-0.25, -0.2) is 13.2 Å². The Morgan fingerprint density at radius 3 is 2.47 bits per heavy atom. The summed E-state index contributed by atoms with van der Waals surface area (Å²) in [5.41, 5.74) is 0.197. The van der Waals surface area contributed by atoms with E-state index in [0.717, 1.165) is 18.2 Å². The Kier molecular flexibility index (Phi) is 4.12. The van der Waals surface area contributed by atoms with Gasteiger partial charge in [0.1, 0.15) is 17.5 Å². The lowest BCUT2D eigenvalue weighted by Gasteiger charge is -2.19. The SMILES string of the molecule is CNC(c1cc(F)ccc1F)c1cccc(Cl)c1F. The van der Waals surface area contributed by atoms with Gasteiger partial charge in [-0.05, 0) is 31.3 Å². The third-order valence-electron chi connectivity index (χ3n) is 2.85. The lowest BCUT2D eigenvalue weighted by atomic mass is 9.97. The third-order valence-corrected chi connectivity index (χ3v) is 3.14. The van der Waals surface area contributed by atoms with Crippen molar-refractivity contribution >= 4 is 11.6 Å². The van der Waals surface area contributed by atoms with E-state index < -0.39 is 23.5 Å². The van der Waals surface area contributed by atoms with E-state index in [1.54, 1.807) is 6.07 Å². The summed E-state index contributed by atoms with van der Waals surface area (Å²) in [4.78, 5) is 0. The fourth-order valence-corrected chi connectivity index (χ4v) is 2.14. The maximum absolute atomic E-state index is 14.0. The fourth-order valence-electron chi connectivity index (χ4n) is 1.96. The average molecular weight is 286 g/mol. The average Bonchev–Trinajstić information content (AvgIpc) is 2.39. The van der Waals surface area contributed by atoms with Gasteiger partial charge in [0.15, 0.2) is 0 Å². The summed E-state index contributed by atoms with van der Waals surface area (Å²) >= 11 is 5.70. The molecule has 0 spiro atoms. The standard InChI is InChI=1S/C14H11ClF3N/c1-19-14(9-3-2-4-11(15)13(9)18)10-7-8(16)5-6-12(10)17/h2-7,14,19H,1H3. The smallest absolute Gasteiger partial charge is 0.146 e. The molecule has 0 aliphatic rings. The molecule has 0 heterocycles. The van der Waals surface area contributed by atoms with Crippen LogP contribution in [0.3, 0.4) is 0 Å². The van der Waals surface area contributed by atoms with Crippen LogP contribution in [0.15, 0.2) is 36.4 Å². The van der Waals surface area contributed by atoms with E-state index in [0.29, 0.717) is 0 Å². The van der Waals surface area contributed by atoms with Crippen molar-refractivity contribution in [3.05, 3.63) is 70.0 Å². The summed E-state index contributed by atoms with van der Waals surface area (Å²) in [6.45, 7) is 0. The van der Waals surface area contributed by atoms with E-state index in [2.05, 4.69) is 5.32 Å². The molecular formula is C14H11ClF3N. The van der Waals surface area contributed by atoms with Gasteiger partial charge >= 0.3 is 0 Å². The lowest BCUT2D eigenvalue weighted by Crippen LogP contribution is -2.20. The van der Waals surface area contributed by atoms with E-state index in [1.807, 2.05) is 0 Å². The Hall–Kier alpha value is -1.52. The van der Waals surface area contributed by atoms with Crippen molar-refractivity contribution in [1.82, 2.24) is 5.32 Å². The van der Waals surface area contributed by atoms with Crippen LogP contribution < -0.4 is 5.32 Å². The summed E-state index contributed by atoms with van der Waals surface area (Å²) in [6, 6.07) is 6.69. The highest BCUT2D eigenvalue weighted by Gasteiger charge is 2.21. The monoisotopic (exact) mass is 285 g/mol. The molecule has 2 aromatic rings. The Bertz CT molecular complexity index is 599. The van der Waals surface area contributed by atoms with Gasteiger partial charge in [-0.2, -0.15) is 0 Å². The zero-order valence-corrected chi connectivity index (χ0v) is 10.8. The molecule has 0 aromatic heterocycles. The molecule has 0 amide bonds. The van der Waals surface area contributed by atoms with Gasteiger partial charge in [0, 0.05) is 11.1 Å². The predicted octanol–water partition coefficient (Wildman–Crippen LogP) is 4.07. The first-order valence-corrected chi connectivity index (χ1v) is 5.98. The largest absolute Gasteiger partial charge is 0.309 e. The summed E-state index contributed by atoms with van der Waals surface area (Å²) in [7, 11) is 1.54. The van der Waals surface area contributed by atoms with Crippen LogP contribution in [-0.4, -0.2) is 7.05 Å². The molecule has 0 bridgehead atoms. The van der Waals surface area contributed by atoms with E-state index in [4.69, 9.17) is 11.6 Å². The van der Waals surface area contributed by atoms with Crippen LogP contribution in [0.1, 0.15) is 17.2 Å². The van der Waals surface area contributed by atoms with Crippen LogP contribution in [0, 0.1) is 17.5 Å². The molecule has 19 heavy (non-hydrogen) atoms.